The molecule has 2 saturated carbocycles. The van der Waals surface area contributed by atoms with E-state index in [2.05, 4.69) is 62.0 Å². The highest BCUT2D eigenvalue weighted by atomic mass is 32.3. The number of ether oxygens (including phenoxy) is 2. The van der Waals surface area contributed by atoms with Crippen molar-refractivity contribution in [3.05, 3.63) is 0 Å². The second-order valence-corrected chi connectivity index (χ2v) is 31.9. The van der Waals surface area contributed by atoms with Gasteiger partial charge < -0.3 is 67.6 Å². The van der Waals surface area contributed by atoms with E-state index in [0.29, 0.717) is 39.3 Å². The summed E-state index contributed by atoms with van der Waals surface area (Å²) >= 11 is 0. The summed E-state index contributed by atoms with van der Waals surface area (Å²) in [6, 6.07) is 0.163. The molecule has 524 valence electrons. The molecule has 91 heavy (non-hydrogen) atoms. The molecule has 4 bridgehead atoms. The highest BCUT2D eigenvalue weighted by Crippen LogP contribution is 2.50. The molecule has 8 fully saturated rings. The lowest BCUT2D eigenvalue weighted by Gasteiger charge is -2.58. The number of nitrogens with one attached hydrogen (secondary N) is 2. The number of carbonyl (C=O) groups excluding carboxylic acids is 6. The van der Waals surface area contributed by atoms with Crippen molar-refractivity contribution in [2.24, 2.45) is 10.8 Å². The Hall–Kier alpha value is -4.19. The third-order valence-electron chi connectivity index (χ3n) is 20.9. The number of urea groups is 2. The fourth-order valence-electron chi connectivity index (χ4n) is 16.1. The smallest absolute Gasteiger partial charge is 0.410 e. The molecule has 8 aliphatic rings. The molecule has 0 aromatic carbocycles. The van der Waals surface area contributed by atoms with Crippen LogP contribution in [0.15, 0.2) is 0 Å². The molecule has 4 atom stereocenters. The van der Waals surface area contributed by atoms with Crippen molar-refractivity contribution < 1.29 is 64.7 Å². The molecule has 6 aliphatic heterocycles. The highest BCUT2D eigenvalue weighted by Gasteiger charge is 2.57. The number of hydrogen-bond acceptors (Lipinski definition) is 12. The van der Waals surface area contributed by atoms with Gasteiger partial charge in [0.15, 0.2) is 0 Å². The van der Waals surface area contributed by atoms with E-state index in [-0.39, 0.29) is 83.1 Å². The number of quaternary nitrogens is 2. The lowest BCUT2D eigenvalue weighted by molar-refractivity contribution is -0.929. The van der Waals surface area contributed by atoms with Gasteiger partial charge in [-0.05, 0) is 157 Å². The van der Waals surface area contributed by atoms with E-state index < -0.39 is 21.6 Å². The molecule has 0 radical (unpaired) electrons. The van der Waals surface area contributed by atoms with Crippen LogP contribution in [0.4, 0.5) is 19.2 Å². The predicted molar refractivity (Wildman–Crippen MR) is 352 cm³/mol. The van der Waals surface area contributed by atoms with E-state index in [4.69, 9.17) is 27.0 Å². The van der Waals surface area contributed by atoms with Crippen LogP contribution in [-0.2, 0) is 29.5 Å². The highest BCUT2D eigenvalue weighted by molar-refractivity contribution is 7.79. The number of likely N-dealkylation sites (tertiary alicyclic amines) is 2. The van der Waals surface area contributed by atoms with E-state index in [1.807, 2.05) is 51.3 Å². The van der Waals surface area contributed by atoms with Crippen molar-refractivity contribution in [3.63, 3.8) is 0 Å². The van der Waals surface area contributed by atoms with Gasteiger partial charge in [-0.25, -0.2) is 19.2 Å². The number of carbonyl (C=O) groups is 6. The van der Waals surface area contributed by atoms with Crippen LogP contribution in [0.1, 0.15) is 237 Å². The first-order chi connectivity index (χ1) is 42.9. The number of hydrogen-bond donors (Lipinski definition) is 2. The van der Waals surface area contributed by atoms with Crippen LogP contribution in [0.3, 0.4) is 0 Å². The van der Waals surface area contributed by atoms with Crippen LogP contribution in [0.2, 0.25) is 0 Å². The average molecular weight is 1310 g/mol. The van der Waals surface area contributed by atoms with Gasteiger partial charge in [-0.2, -0.15) is 0 Å². The van der Waals surface area contributed by atoms with E-state index in [1.54, 1.807) is 9.80 Å². The fraction of sp³-hybridized carbons (Fsp3) is 0.912. The van der Waals surface area contributed by atoms with Gasteiger partial charge in [-0.3, -0.25) is 18.0 Å². The van der Waals surface area contributed by atoms with Gasteiger partial charge in [0.1, 0.15) is 23.3 Å². The van der Waals surface area contributed by atoms with E-state index >= 15 is 0 Å². The largest absolute Gasteiger partial charge is 0.759 e. The lowest BCUT2D eigenvalue weighted by Crippen LogP contribution is -2.68. The topological polar surface area (TPSA) is 245 Å². The summed E-state index contributed by atoms with van der Waals surface area (Å²) in [4.78, 5) is 89.5. The van der Waals surface area contributed by atoms with Gasteiger partial charge in [0, 0.05) is 85.7 Å². The van der Waals surface area contributed by atoms with Gasteiger partial charge in [-0.1, -0.05) is 80.1 Å². The summed E-state index contributed by atoms with van der Waals surface area (Å²) in [6.07, 6.45) is 26.1. The standard InChI is InChI=1S/2C34H61N5O4.H2O4S/c2*1-7-10-18-39(19-11-8-2,20-12-9-3)21-14-13-17-37-28-15-16-29(38(24-28)31(37)41)30(40)35-27-22-34(23-27)25-36(26-34)32(42)43-33(4,5)6;1-5(2,3)4/h2*27-29H,7-26H2,1-6H3;(H2,1,2,3,4)/t2*28-,29-;/m11./s1. The first-order valence-electron chi connectivity index (χ1n) is 36.0. The van der Waals surface area contributed by atoms with Crippen molar-refractivity contribution in [2.45, 2.75) is 285 Å². The normalized spacial score (nSPS) is 23.3. The summed E-state index contributed by atoms with van der Waals surface area (Å²) in [7, 11) is -5.17. The molecule has 8 amide bonds. The molecule has 6 saturated heterocycles. The molecular weight excluding hydrogens is 1180 g/mol. The van der Waals surface area contributed by atoms with Crippen LogP contribution in [0, 0.1) is 10.8 Å². The Morgan fingerprint density at radius 3 is 1.02 bits per heavy atom. The molecular formula is C68H124N10O12S. The Morgan fingerprint density at radius 1 is 0.484 bits per heavy atom. The molecule has 0 unspecified atom stereocenters. The van der Waals surface area contributed by atoms with Gasteiger partial charge in [0.2, 0.25) is 11.8 Å². The monoisotopic (exact) mass is 1300 g/mol. The zero-order valence-corrected chi connectivity index (χ0v) is 59.4. The maximum Gasteiger partial charge on any atom is 0.410 e. The lowest BCUT2D eigenvalue weighted by atomic mass is 9.60. The van der Waals surface area contributed by atoms with Crippen LogP contribution in [-0.4, -0.2) is 244 Å². The number of rotatable bonds is 32. The summed E-state index contributed by atoms with van der Waals surface area (Å²) in [5, 5.41) is 6.48. The maximum atomic E-state index is 13.5. The number of nitrogens with zero attached hydrogens (tertiary/aromatic N) is 8. The Kier molecular flexibility index (Phi) is 27.9. The Bertz CT molecular complexity index is 2260. The molecule has 23 heteroatoms. The molecule has 6 heterocycles. The molecule has 0 aromatic rings. The Morgan fingerprint density at radius 2 is 0.758 bits per heavy atom. The molecule has 2 spiro atoms. The fourth-order valence-corrected chi connectivity index (χ4v) is 16.1. The average Bonchev–Trinajstić information content (AvgIpc) is 1.53. The quantitative estimate of drug-likeness (QED) is 0.0277. The molecule has 2 aliphatic carbocycles. The van der Waals surface area contributed by atoms with E-state index in [0.717, 1.165) is 90.1 Å². The van der Waals surface area contributed by atoms with Gasteiger partial charge in [-0.15, -0.1) is 0 Å². The minimum Gasteiger partial charge on any atom is -0.759 e. The Balaban J connectivity index is 0.000000269. The molecule has 2 N–H and O–H groups in total. The first kappa shape index (κ1) is 75.8. The minimum atomic E-state index is -5.17. The first-order valence-corrected chi connectivity index (χ1v) is 37.3. The second kappa shape index (κ2) is 33.5. The maximum absolute atomic E-state index is 13.5. The summed E-state index contributed by atoms with van der Waals surface area (Å²) in [5.74, 6) is 0.00311. The molecule has 0 aromatic heterocycles. The minimum absolute atomic E-state index is 0.00155. The third-order valence-corrected chi connectivity index (χ3v) is 20.9. The van der Waals surface area contributed by atoms with Crippen LogP contribution in [0.5, 0.6) is 0 Å². The molecule has 8 rings (SSSR count). The van der Waals surface area contributed by atoms with Crippen molar-refractivity contribution in [3.8, 4) is 0 Å². The van der Waals surface area contributed by atoms with Crippen molar-refractivity contribution in [2.75, 3.05) is 105 Å². The van der Waals surface area contributed by atoms with Gasteiger partial charge in [0.25, 0.3) is 0 Å². The van der Waals surface area contributed by atoms with E-state index in [1.165, 1.54) is 138 Å². The summed E-state index contributed by atoms with van der Waals surface area (Å²) in [5.41, 5.74) is -0.738. The van der Waals surface area contributed by atoms with E-state index in [9.17, 15) is 28.8 Å². The second-order valence-electron chi connectivity index (χ2n) is 31.1. The zero-order valence-electron chi connectivity index (χ0n) is 58.6. The van der Waals surface area contributed by atoms with Crippen molar-refractivity contribution in [1.29, 1.82) is 0 Å². The Labute approximate surface area is 549 Å². The van der Waals surface area contributed by atoms with Gasteiger partial charge in [0.05, 0.1) is 64.4 Å². The molecule has 22 nitrogen and oxygen atoms in total. The van der Waals surface area contributed by atoms with Crippen LogP contribution in [0.25, 0.3) is 0 Å². The predicted octanol–water partition coefficient (Wildman–Crippen LogP) is 10.2. The van der Waals surface area contributed by atoms with Crippen LogP contribution < -0.4 is 10.6 Å². The number of unbranched alkanes of at least 4 members (excludes halogenated alkanes) is 8. The number of amides is 8. The van der Waals surface area contributed by atoms with Crippen molar-refractivity contribution in [1.82, 2.24) is 40.0 Å². The third kappa shape index (κ3) is 21.9. The van der Waals surface area contributed by atoms with Crippen LogP contribution >= 0.6 is 0 Å². The van der Waals surface area contributed by atoms with Gasteiger partial charge >= 0.3 is 24.2 Å². The summed E-state index contributed by atoms with van der Waals surface area (Å²) in [6.45, 7) is 41.1. The van der Waals surface area contributed by atoms with Crippen molar-refractivity contribution >= 4 is 46.5 Å². The SMILES string of the molecule is CCCC[N+](CCCC)(CCCC)CCCCN1C(=O)N2C[C@H]1CC[C@@H]2C(=O)NC1CC2(C1)CN(C(=O)OC(C)(C)C)C2.CCCC[N+](CCCC)(CCCC)CCCCN1C(=O)N2C[C@H]1CC[C@@H]2C(=O)NC1CC2(C1)CN(C(=O)OC(C)(C)C)C2.O=S(=O)([O-])[O-]. The summed E-state index contributed by atoms with van der Waals surface area (Å²) < 4.78 is 47.6. The zero-order chi connectivity index (χ0) is 67.0. The number of fused-ring (bicyclic) bond motifs is 4. The number of piperidine rings is 2.